The lowest BCUT2D eigenvalue weighted by molar-refractivity contribution is 0.263. The van der Waals surface area contributed by atoms with Crippen molar-refractivity contribution in [2.24, 2.45) is 5.92 Å². The fourth-order valence-corrected chi connectivity index (χ4v) is 3.38. The van der Waals surface area contributed by atoms with Gasteiger partial charge >= 0.3 is 0 Å². The summed E-state index contributed by atoms with van der Waals surface area (Å²) in [5.41, 5.74) is 1.12. The van der Waals surface area contributed by atoms with Crippen molar-refractivity contribution in [3.63, 3.8) is 0 Å². The maximum Gasteiger partial charge on any atom is 0.0468 e. The molecule has 0 spiro atoms. The van der Waals surface area contributed by atoms with Crippen LogP contribution in [0.3, 0.4) is 0 Å². The van der Waals surface area contributed by atoms with Gasteiger partial charge in [-0.15, -0.1) is 0 Å². The van der Waals surface area contributed by atoms with Crippen molar-refractivity contribution in [3.8, 4) is 0 Å². The highest BCUT2D eigenvalue weighted by Gasteiger charge is 2.24. The molecule has 0 radical (unpaired) electrons. The van der Waals surface area contributed by atoms with Gasteiger partial charge in [0.2, 0.25) is 0 Å². The zero-order chi connectivity index (χ0) is 14.7. The van der Waals surface area contributed by atoms with Crippen molar-refractivity contribution in [2.45, 2.75) is 39.3 Å². The third-order valence-corrected chi connectivity index (χ3v) is 4.75. The second kappa shape index (κ2) is 7.13. The molecule has 2 rings (SSSR count). The van der Waals surface area contributed by atoms with Gasteiger partial charge in [0.1, 0.15) is 0 Å². The lowest BCUT2D eigenvalue weighted by atomic mass is 10.1. The highest BCUT2D eigenvalue weighted by molar-refractivity contribution is 6.35. The summed E-state index contributed by atoms with van der Waals surface area (Å²) >= 11 is 12.2. The summed E-state index contributed by atoms with van der Waals surface area (Å²) < 4.78 is 0. The molecule has 4 heteroatoms. The van der Waals surface area contributed by atoms with E-state index in [0.717, 1.165) is 23.0 Å². The van der Waals surface area contributed by atoms with E-state index < -0.39 is 0 Å². The van der Waals surface area contributed by atoms with Crippen LogP contribution >= 0.6 is 23.2 Å². The first-order valence-electron chi connectivity index (χ1n) is 7.39. The SMILES string of the molecule is CC(NCC1CCN(C(C)C)C1)c1ccc(Cl)cc1Cl. The molecule has 1 aromatic rings. The Bertz CT molecular complexity index is 448. The molecule has 1 N–H and O–H groups in total. The molecule has 0 bridgehead atoms. The number of hydrogen-bond donors (Lipinski definition) is 1. The van der Waals surface area contributed by atoms with Gasteiger partial charge in [0.05, 0.1) is 0 Å². The number of hydrogen-bond acceptors (Lipinski definition) is 2. The Balaban J connectivity index is 1.85. The smallest absolute Gasteiger partial charge is 0.0468 e. The molecule has 1 fully saturated rings. The second-order valence-corrected chi connectivity index (χ2v) is 6.88. The van der Waals surface area contributed by atoms with Gasteiger partial charge in [-0.3, -0.25) is 0 Å². The first-order chi connectivity index (χ1) is 9.47. The minimum atomic E-state index is 0.257. The topological polar surface area (TPSA) is 15.3 Å². The molecule has 112 valence electrons. The van der Waals surface area contributed by atoms with E-state index in [-0.39, 0.29) is 6.04 Å². The molecule has 1 saturated heterocycles. The number of rotatable bonds is 5. The molecule has 2 atom stereocenters. The van der Waals surface area contributed by atoms with Crippen LogP contribution in [-0.2, 0) is 0 Å². The first-order valence-corrected chi connectivity index (χ1v) is 8.15. The average molecular weight is 315 g/mol. The van der Waals surface area contributed by atoms with Crippen molar-refractivity contribution in [1.29, 1.82) is 0 Å². The number of nitrogens with zero attached hydrogens (tertiary/aromatic N) is 1. The number of nitrogens with one attached hydrogen (secondary N) is 1. The third-order valence-electron chi connectivity index (χ3n) is 4.19. The van der Waals surface area contributed by atoms with Crippen molar-refractivity contribution in [2.75, 3.05) is 19.6 Å². The Labute approximate surface area is 132 Å². The van der Waals surface area contributed by atoms with Gasteiger partial charge in [-0.1, -0.05) is 29.3 Å². The van der Waals surface area contributed by atoms with E-state index in [1.807, 2.05) is 18.2 Å². The molecule has 0 aliphatic carbocycles. The van der Waals surface area contributed by atoms with Gasteiger partial charge < -0.3 is 10.2 Å². The summed E-state index contributed by atoms with van der Waals surface area (Å²) in [4.78, 5) is 2.55. The van der Waals surface area contributed by atoms with Crippen LogP contribution in [-0.4, -0.2) is 30.6 Å². The van der Waals surface area contributed by atoms with Crippen molar-refractivity contribution < 1.29 is 0 Å². The van der Waals surface area contributed by atoms with Gasteiger partial charge in [-0.05, 0) is 63.9 Å². The summed E-state index contributed by atoms with van der Waals surface area (Å²) in [6.07, 6.45) is 1.28. The maximum atomic E-state index is 6.25. The maximum absolute atomic E-state index is 6.25. The van der Waals surface area contributed by atoms with Crippen molar-refractivity contribution in [1.82, 2.24) is 10.2 Å². The second-order valence-electron chi connectivity index (χ2n) is 6.04. The van der Waals surface area contributed by atoms with Crippen molar-refractivity contribution >= 4 is 23.2 Å². The lowest BCUT2D eigenvalue weighted by Crippen LogP contribution is -2.31. The molecule has 0 aromatic heterocycles. The Morgan fingerprint density at radius 3 is 2.65 bits per heavy atom. The number of likely N-dealkylation sites (tertiary alicyclic amines) is 1. The van der Waals surface area contributed by atoms with E-state index in [2.05, 4.69) is 31.0 Å². The van der Waals surface area contributed by atoms with Gasteiger partial charge in [-0.25, -0.2) is 0 Å². The van der Waals surface area contributed by atoms with Crippen LogP contribution < -0.4 is 5.32 Å². The van der Waals surface area contributed by atoms with Gasteiger partial charge in [0.25, 0.3) is 0 Å². The average Bonchev–Trinajstić information content (AvgIpc) is 2.85. The molecule has 2 nitrogen and oxygen atoms in total. The molecule has 1 heterocycles. The Hall–Kier alpha value is -0.280. The van der Waals surface area contributed by atoms with Gasteiger partial charge in [0.15, 0.2) is 0 Å². The summed E-state index contributed by atoms with van der Waals surface area (Å²) in [7, 11) is 0. The standard InChI is InChI=1S/C16H24Cl2N2/c1-11(2)20-7-6-13(10-20)9-19-12(3)15-5-4-14(17)8-16(15)18/h4-5,8,11-13,19H,6-7,9-10H2,1-3H3. The van der Waals surface area contributed by atoms with Crippen LogP contribution in [0.25, 0.3) is 0 Å². The highest BCUT2D eigenvalue weighted by atomic mass is 35.5. The fraction of sp³-hybridized carbons (Fsp3) is 0.625. The Morgan fingerprint density at radius 2 is 2.05 bits per heavy atom. The quantitative estimate of drug-likeness (QED) is 0.868. The van der Waals surface area contributed by atoms with Crippen LogP contribution in [0, 0.1) is 5.92 Å². The van der Waals surface area contributed by atoms with Crippen LogP contribution in [0.15, 0.2) is 18.2 Å². The molecule has 20 heavy (non-hydrogen) atoms. The monoisotopic (exact) mass is 314 g/mol. The zero-order valence-electron chi connectivity index (χ0n) is 12.5. The molecule has 0 amide bonds. The number of benzene rings is 1. The van der Waals surface area contributed by atoms with Crippen molar-refractivity contribution in [3.05, 3.63) is 33.8 Å². The molecule has 1 aromatic carbocycles. The normalized spacial score (nSPS) is 21.6. The summed E-state index contributed by atoms with van der Waals surface area (Å²) in [6.45, 7) is 10.2. The predicted octanol–water partition coefficient (Wildman–Crippen LogP) is 4.37. The third kappa shape index (κ3) is 4.11. The first kappa shape index (κ1) is 16.1. The minimum absolute atomic E-state index is 0.257. The zero-order valence-corrected chi connectivity index (χ0v) is 14.0. The van der Waals surface area contributed by atoms with Crippen LogP contribution in [0.2, 0.25) is 10.0 Å². The van der Waals surface area contributed by atoms with E-state index in [4.69, 9.17) is 23.2 Å². The molecule has 1 aliphatic rings. The molecule has 0 saturated carbocycles. The van der Waals surface area contributed by atoms with Crippen LogP contribution in [0.1, 0.15) is 38.8 Å². The predicted molar refractivity (Wildman–Crippen MR) is 87.7 cm³/mol. The van der Waals surface area contributed by atoms with E-state index in [9.17, 15) is 0 Å². The lowest BCUT2D eigenvalue weighted by Gasteiger charge is -2.21. The Morgan fingerprint density at radius 1 is 1.30 bits per heavy atom. The van der Waals surface area contributed by atoms with Gasteiger partial charge in [-0.2, -0.15) is 0 Å². The Kier molecular flexibility index (Phi) is 5.74. The van der Waals surface area contributed by atoms with E-state index in [0.29, 0.717) is 11.1 Å². The summed E-state index contributed by atoms with van der Waals surface area (Å²) in [6, 6.07) is 6.64. The van der Waals surface area contributed by atoms with Crippen LogP contribution in [0.5, 0.6) is 0 Å². The molecular weight excluding hydrogens is 291 g/mol. The van der Waals surface area contributed by atoms with Crippen LogP contribution in [0.4, 0.5) is 0 Å². The molecule has 1 aliphatic heterocycles. The van der Waals surface area contributed by atoms with E-state index in [1.165, 1.54) is 19.5 Å². The molecule has 2 unspecified atom stereocenters. The van der Waals surface area contributed by atoms with E-state index >= 15 is 0 Å². The number of halogens is 2. The summed E-state index contributed by atoms with van der Waals surface area (Å²) in [5.74, 6) is 0.742. The fourth-order valence-electron chi connectivity index (χ4n) is 2.80. The highest BCUT2D eigenvalue weighted by Crippen LogP contribution is 2.26. The van der Waals surface area contributed by atoms with E-state index in [1.54, 1.807) is 0 Å². The largest absolute Gasteiger partial charge is 0.310 e. The van der Waals surface area contributed by atoms with Gasteiger partial charge in [0, 0.05) is 28.7 Å². The minimum Gasteiger partial charge on any atom is -0.310 e. The molecular formula is C16H24Cl2N2. The summed E-state index contributed by atoms with van der Waals surface area (Å²) in [5, 5.41) is 5.04.